The summed E-state index contributed by atoms with van der Waals surface area (Å²) >= 11 is 0. The molecule has 1 aliphatic heterocycles. The number of benzene rings is 2. The maximum absolute atomic E-state index is 9.90. The van der Waals surface area contributed by atoms with Crippen molar-refractivity contribution in [2.45, 2.75) is 13.0 Å². The molecule has 4 rings (SSSR count). The molecule has 7 nitrogen and oxygen atoms in total. The van der Waals surface area contributed by atoms with Gasteiger partial charge in [0.2, 0.25) is 0 Å². The summed E-state index contributed by atoms with van der Waals surface area (Å²) in [5.41, 5.74) is 11.5. The molecule has 1 aliphatic rings. The van der Waals surface area contributed by atoms with Crippen LogP contribution in [-0.4, -0.2) is 28.4 Å². The van der Waals surface area contributed by atoms with E-state index < -0.39 is 0 Å². The van der Waals surface area contributed by atoms with Crippen LogP contribution in [0.2, 0.25) is 0 Å². The summed E-state index contributed by atoms with van der Waals surface area (Å²) < 4.78 is 23.8. The lowest BCUT2D eigenvalue weighted by atomic mass is 9.92. The normalized spacial score (nSPS) is 11.7. The lowest BCUT2D eigenvalue weighted by Gasteiger charge is -2.22. The Kier molecular flexibility index (Phi) is 5.30. The predicted octanol–water partition coefficient (Wildman–Crippen LogP) is 3.35. The Morgan fingerprint density at radius 3 is 2.13 bits per heavy atom. The highest BCUT2D eigenvalue weighted by Crippen LogP contribution is 2.40. The number of hydrogen-bond acceptors (Lipinski definition) is 6. The Bertz CT molecular complexity index is 1210. The maximum Gasteiger partial charge on any atom is 0.291 e. The highest BCUT2D eigenvalue weighted by Gasteiger charge is 2.29. The van der Waals surface area contributed by atoms with Gasteiger partial charge in [-0.3, -0.25) is 5.73 Å². The topological polar surface area (TPSA) is 90.6 Å². The summed E-state index contributed by atoms with van der Waals surface area (Å²) in [5, 5.41) is 9.90. The predicted molar refractivity (Wildman–Crippen MR) is 117 cm³/mol. The van der Waals surface area contributed by atoms with Crippen LogP contribution in [0.4, 0.5) is 5.82 Å². The van der Waals surface area contributed by atoms with Crippen molar-refractivity contribution < 1.29 is 23.5 Å². The Balaban J connectivity index is 1.98. The number of nitriles is 1. The van der Waals surface area contributed by atoms with Crippen LogP contribution in [0, 0.1) is 11.3 Å². The largest absolute Gasteiger partial charge is 0.493 e. The van der Waals surface area contributed by atoms with Crippen molar-refractivity contribution in [3.05, 3.63) is 47.5 Å². The molecule has 2 heterocycles. The molecule has 158 valence electrons. The van der Waals surface area contributed by atoms with Gasteiger partial charge in [-0.25, -0.2) is 4.57 Å². The van der Waals surface area contributed by atoms with E-state index in [-0.39, 0.29) is 0 Å². The van der Waals surface area contributed by atoms with Crippen molar-refractivity contribution >= 4 is 5.82 Å². The van der Waals surface area contributed by atoms with Crippen LogP contribution < -0.4 is 29.2 Å². The minimum atomic E-state index is 0.430. The van der Waals surface area contributed by atoms with Crippen LogP contribution in [0.15, 0.2) is 36.4 Å². The first-order valence-corrected chi connectivity index (χ1v) is 9.80. The summed E-state index contributed by atoms with van der Waals surface area (Å²) in [7, 11) is 6.41. The molecule has 3 aromatic rings. The van der Waals surface area contributed by atoms with E-state index >= 15 is 0 Å². The van der Waals surface area contributed by atoms with Gasteiger partial charge in [0.1, 0.15) is 17.3 Å². The highest BCUT2D eigenvalue weighted by atomic mass is 16.5. The average Bonchev–Trinajstić information content (AvgIpc) is 2.82. The molecule has 0 amide bonds. The van der Waals surface area contributed by atoms with E-state index in [2.05, 4.69) is 6.07 Å². The number of ether oxygens (including phenoxy) is 4. The van der Waals surface area contributed by atoms with Gasteiger partial charge in [0.05, 0.1) is 35.0 Å². The van der Waals surface area contributed by atoms with Crippen molar-refractivity contribution in [3.8, 4) is 51.5 Å². The molecule has 31 heavy (non-hydrogen) atoms. The van der Waals surface area contributed by atoms with E-state index in [9.17, 15) is 5.26 Å². The van der Waals surface area contributed by atoms with Gasteiger partial charge in [0.15, 0.2) is 23.0 Å². The van der Waals surface area contributed by atoms with Gasteiger partial charge < -0.3 is 18.9 Å². The number of methoxy groups -OCH3 is 4. The lowest BCUT2D eigenvalue weighted by Crippen LogP contribution is -2.44. The smallest absolute Gasteiger partial charge is 0.291 e. The molecule has 0 atom stereocenters. The molecular formula is C24H24N3O4+. The fraction of sp³-hybridized carbons (Fsp3) is 0.250. The Morgan fingerprint density at radius 2 is 1.48 bits per heavy atom. The highest BCUT2D eigenvalue weighted by molar-refractivity contribution is 5.80. The average molecular weight is 418 g/mol. The van der Waals surface area contributed by atoms with E-state index in [1.807, 2.05) is 41.0 Å². The zero-order valence-corrected chi connectivity index (χ0v) is 18.0. The number of nitrogens with two attached hydrogens (primary N) is 1. The second-order valence-corrected chi connectivity index (χ2v) is 7.15. The number of aromatic nitrogens is 1. The molecule has 1 aromatic heterocycles. The minimum Gasteiger partial charge on any atom is -0.493 e. The molecule has 0 fully saturated rings. The fourth-order valence-corrected chi connectivity index (χ4v) is 4.10. The van der Waals surface area contributed by atoms with Crippen LogP contribution >= 0.6 is 0 Å². The number of fused-ring (bicyclic) bond motifs is 3. The maximum atomic E-state index is 9.90. The second kappa shape index (κ2) is 8.07. The van der Waals surface area contributed by atoms with Gasteiger partial charge in [0, 0.05) is 17.5 Å². The van der Waals surface area contributed by atoms with Crippen LogP contribution in [0.5, 0.6) is 23.0 Å². The number of aryl methyl sites for hydroxylation is 1. The molecule has 2 N–H and O–H groups in total. The van der Waals surface area contributed by atoms with E-state index in [0.717, 1.165) is 34.4 Å². The molecule has 0 unspecified atom stereocenters. The van der Waals surface area contributed by atoms with Gasteiger partial charge in [-0.15, -0.1) is 0 Å². The summed E-state index contributed by atoms with van der Waals surface area (Å²) in [5.74, 6) is 2.97. The zero-order valence-electron chi connectivity index (χ0n) is 18.0. The Labute approximate surface area is 181 Å². The van der Waals surface area contributed by atoms with Crippen molar-refractivity contribution in [2.24, 2.45) is 0 Å². The number of pyridine rings is 1. The first-order chi connectivity index (χ1) is 15.1. The van der Waals surface area contributed by atoms with Crippen molar-refractivity contribution in [3.63, 3.8) is 0 Å². The molecular weight excluding hydrogens is 394 g/mol. The first kappa shape index (κ1) is 20.4. The standard InChI is InChI=1S/C24H23N3O4/c1-28-20-6-5-14(9-21(20)29-2)16-11-19-17-12-23(31-4)22(30-3)10-15(17)7-8-27(19)24(26)18(16)13-25/h5-6,9-12,26H,7-8H2,1-4H3/p+1. The van der Waals surface area contributed by atoms with Gasteiger partial charge in [-0.2, -0.15) is 5.26 Å². The summed E-state index contributed by atoms with van der Waals surface area (Å²) in [6.07, 6.45) is 0.776. The van der Waals surface area contributed by atoms with Gasteiger partial charge in [-0.1, -0.05) is 6.07 Å². The number of nitrogen functional groups attached to an aromatic ring is 1. The first-order valence-electron chi connectivity index (χ1n) is 9.80. The van der Waals surface area contributed by atoms with Crippen LogP contribution in [0.1, 0.15) is 11.1 Å². The van der Waals surface area contributed by atoms with E-state index in [4.69, 9.17) is 24.7 Å². The third-order valence-corrected chi connectivity index (χ3v) is 5.68. The second-order valence-electron chi connectivity index (χ2n) is 7.15. The third-order valence-electron chi connectivity index (χ3n) is 5.68. The van der Waals surface area contributed by atoms with Gasteiger partial charge in [-0.05, 0) is 41.5 Å². The quantitative estimate of drug-likeness (QED) is 0.639. The van der Waals surface area contributed by atoms with Gasteiger partial charge >= 0.3 is 0 Å². The van der Waals surface area contributed by atoms with Crippen LogP contribution in [0.3, 0.4) is 0 Å². The SMILES string of the molecule is COc1ccc(-c2cc3[n+](c(N)c2C#N)CCc2cc(OC)c(OC)cc2-3)cc1OC. The van der Waals surface area contributed by atoms with Crippen LogP contribution in [-0.2, 0) is 13.0 Å². The number of rotatable bonds is 5. The van der Waals surface area contributed by atoms with Crippen molar-refractivity contribution in [2.75, 3.05) is 34.2 Å². The summed E-state index contributed by atoms with van der Waals surface area (Å²) in [6, 6.07) is 13.8. The van der Waals surface area contributed by atoms with E-state index in [0.29, 0.717) is 40.9 Å². The number of nitrogens with zero attached hydrogens (tertiary/aromatic N) is 2. The molecule has 2 aromatic carbocycles. The van der Waals surface area contributed by atoms with Crippen molar-refractivity contribution in [1.29, 1.82) is 5.26 Å². The monoisotopic (exact) mass is 418 g/mol. The Morgan fingerprint density at radius 1 is 0.839 bits per heavy atom. The molecule has 0 radical (unpaired) electrons. The van der Waals surface area contributed by atoms with Crippen LogP contribution in [0.25, 0.3) is 22.4 Å². The molecule has 0 spiro atoms. The van der Waals surface area contributed by atoms with E-state index in [1.54, 1.807) is 28.4 Å². The third kappa shape index (κ3) is 3.26. The molecule has 7 heteroatoms. The van der Waals surface area contributed by atoms with E-state index in [1.165, 1.54) is 0 Å². The summed E-state index contributed by atoms with van der Waals surface area (Å²) in [6.45, 7) is 0.671. The van der Waals surface area contributed by atoms with Crippen molar-refractivity contribution in [1.82, 2.24) is 0 Å². The van der Waals surface area contributed by atoms with Gasteiger partial charge in [0.25, 0.3) is 5.82 Å². The molecule has 0 bridgehead atoms. The minimum absolute atomic E-state index is 0.430. The Hall–Kier alpha value is -3.92. The lowest BCUT2D eigenvalue weighted by molar-refractivity contribution is -0.673. The number of anilines is 1. The summed E-state index contributed by atoms with van der Waals surface area (Å²) in [4.78, 5) is 0. The molecule has 0 saturated heterocycles. The molecule has 0 aliphatic carbocycles. The number of hydrogen-bond donors (Lipinski definition) is 1. The zero-order chi connectivity index (χ0) is 22.1. The molecule has 0 saturated carbocycles. The fourth-order valence-electron chi connectivity index (χ4n) is 4.10.